The van der Waals surface area contributed by atoms with E-state index < -0.39 is 5.97 Å². The zero-order valence-electron chi connectivity index (χ0n) is 15.5. The van der Waals surface area contributed by atoms with Gasteiger partial charge in [-0.1, -0.05) is 0 Å². The summed E-state index contributed by atoms with van der Waals surface area (Å²) in [6.45, 7) is 7.32. The van der Waals surface area contributed by atoms with Crippen LogP contribution in [0.4, 0.5) is 0 Å². The highest BCUT2D eigenvalue weighted by Crippen LogP contribution is 2.31. The van der Waals surface area contributed by atoms with Crippen molar-refractivity contribution >= 4 is 22.7 Å². The number of carbonyl (C=O) groups excluding carboxylic acids is 2. The number of hydrogen-bond donors (Lipinski definition) is 1. The van der Waals surface area contributed by atoms with Crippen LogP contribution < -0.4 is 4.74 Å². The van der Waals surface area contributed by atoms with Crippen molar-refractivity contribution in [2.45, 2.75) is 27.7 Å². The van der Waals surface area contributed by atoms with Crippen molar-refractivity contribution in [2.75, 3.05) is 13.7 Å². The zero-order chi connectivity index (χ0) is 19.0. The van der Waals surface area contributed by atoms with Gasteiger partial charge in [-0.3, -0.25) is 4.79 Å². The van der Waals surface area contributed by atoms with Crippen molar-refractivity contribution in [1.82, 2.24) is 4.98 Å². The summed E-state index contributed by atoms with van der Waals surface area (Å²) in [5.74, 6) is 0.197. The Kier molecular flexibility index (Phi) is 4.59. The normalized spacial score (nSPS) is 11.0. The summed E-state index contributed by atoms with van der Waals surface area (Å²) >= 11 is 0. The van der Waals surface area contributed by atoms with E-state index in [4.69, 9.17) is 13.9 Å². The van der Waals surface area contributed by atoms with Gasteiger partial charge < -0.3 is 18.9 Å². The minimum Gasteiger partial charge on any atom is -0.497 e. The Balaban J connectivity index is 2.08. The van der Waals surface area contributed by atoms with E-state index in [9.17, 15) is 9.59 Å². The first-order valence-corrected chi connectivity index (χ1v) is 8.37. The fourth-order valence-corrected chi connectivity index (χ4v) is 3.14. The average molecular weight is 355 g/mol. The number of ether oxygens (including phenoxy) is 2. The van der Waals surface area contributed by atoms with Crippen LogP contribution in [0.3, 0.4) is 0 Å². The summed E-state index contributed by atoms with van der Waals surface area (Å²) in [5, 5.41) is 0.819. The molecule has 6 nitrogen and oxygen atoms in total. The van der Waals surface area contributed by atoms with Gasteiger partial charge in [0.2, 0.25) is 5.78 Å². The van der Waals surface area contributed by atoms with Crippen molar-refractivity contribution in [1.29, 1.82) is 0 Å². The molecule has 1 N–H and O–H groups in total. The first kappa shape index (κ1) is 17.8. The summed E-state index contributed by atoms with van der Waals surface area (Å²) in [6.07, 6.45) is 0. The summed E-state index contributed by atoms with van der Waals surface area (Å²) in [7, 11) is 1.59. The maximum absolute atomic E-state index is 13.0. The molecule has 3 rings (SSSR count). The summed E-state index contributed by atoms with van der Waals surface area (Å²) < 4.78 is 16.1. The van der Waals surface area contributed by atoms with Crippen LogP contribution in [0.1, 0.15) is 50.4 Å². The molecule has 0 fully saturated rings. The van der Waals surface area contributed by atoms with E-state index in [1.165, 1.54) is 0 Å². The van der Waals surface area contributed by atoms with E-state index in [0.717, 1.165) is 10.9 Å². The van der Waals surface area contributed by atoms with Gasteiger partial charge in [0.1, 0.15) is 11.3 Å². The second kappa shape index (κ2) is 6.71. The fourth-order valence-electron chi connectivity index (χ4n) is 3.14. The molecule has 6 heteroatoms. The number of ketones is 1. The first-order chi connectivity index (χ1) is 12.4. The third-order valence-corrected chi connectivity index (χ3v) is 4.49. The van der Waals surface area contributed by atoms with Crippen LogP contribution in [-0.4, -0.2) is 30.5 Å². The number of aromatic nitrogens is 1. The van der Waals surface area contributed by atoms with E-state index in [-0.39, 0.29) is 18.2 Å². The molecule has 0 aliphatic carbocycles. The Hall–Kier alpha value is -3.02. The Morgan fingerprint density at radius 3 is 2.54 bits per heavy atom. The van der Waals surface area contributed by atoms with Crippen molar-refractivity contribution in [2.24, 2.45) is 0 Å². The van der Waals surface area contributed by atoms with Gasteiger partial charge in [-0.05, 0) is 51.5 Å². The lowest BCUT2D eigenvalue weighted by atomic mass is 10.0. The first-order valence-electron chi connectivity index (χ1n) is 8.37. The number of nitrogens with one attached hydrogen (secondary N) is 1. The number of esters is 1. The number of methoxy groups -OCH3 is 1. The number of benzene rings is 1. The molecule has 0 radical (unpaired) electrons. The van der Waals surface area contributed by atoms with E-state index in [1.54, 1.807) is 40.0 Å². The van der Waals surface area contributed by atoms with Gasteiger partial charge in [-0.25, -0.2) is 4.79 Å². The van der Waals surface area contributed by atoms with Gasteiger partial charge in [0.25, 0.3) is 0 Å². The number of aromatic amines is 1. The second-order valence-corrected chi connectivity index (χ2v) is 6.09. The average Bonchev–Trinajstić information content (AvgIpc) is 3.11. The lowest BCUT2D eigenvalue weighted by Gasteiger charge is -2.02. The van der Waals surface area contributed by atoms with Crippen molar-refractivity contribution in [3.8, 4) is 5.75 Å². The van der Waals surface area contributed by atoms with Gasteiger partial charge in [0.05, 0.1) is 25.0 Å². The van der Waals surface area contributed by atoms with E-state index in [2.05, 4.69) is 4.98 Å². The predicted molar refractivity (Wildman–Crippen MR) is 97.2 cm³/mol. The maximum atomic E-state index is 13.0. The van der Waals surface area contributed by atoms with Gasteiger partial charge >= 0.3 is 5.97 Å². The molecule has 0 atom stereocenters. The molecule has 136 valence electrons. The molecule has 0 amide bonds. The van der Waals surface area contributed by atoms with Crippen molar-refractivity contribution in [3.05, 3.63) is 52.0 Å². The molecule has 2 heterocycles. The quantitative estimate of drug-likeness (QED) is 0.550. The topological polar surface area (TPSA) is 81.5 Å². The minimum absolute atomic E-state index is 0.244. The maximum Gasteiger partial charge on any atom is 0.340 e. The summed E-state index contributed by atoms with van der Waals surface area (Å²) in [4.78, 5) is 28.2. The minimum atomic E-state index is -0.441. The molecule has 0 bridgehead atoms. The molecule has 0 aliphatic heterocycles. The van der Waals surface area contributed by atoms with Crippen molar-refractivity contribution < 1.29 is 23.5 Å². The Morgan fingerprint density at radius 1 is 1.15 bits per heavy atom. The molecule has 0 unspecified atom stereocenters. The fraction of sp³-hybridized carbons (Fsp3) is 0.300. The van der Waals surface area contributed by atoms with Crippen molar-refractivity contribution in [3.63, 3.8) is 0 Å². The monoisotopic (exact) mass is 355 g/mol. The van der Waals surface area contributed by atoms with Crippen LogP contribution in [0.5, 0.6) is 5.75 Å². The van der Waals surface area contributed by atoms with Gasteiger partial charge in [-0.2, -0.15) is 0 Å². The highest BCUT2D eigenvalue weighted by atomic mass is 16.5. The highest BCUT2D eigenvalue weighted by molar-refractivity contribution is 6.12. The molecule has 3 aromatic rings. The van der Waals surface area contributed by atoms with Crippen LogP contribution in [0, 0.1) is 20.8 Å². The molecule has 0 saturated carbocycles. The van der Waals surface area contributed by atoms with Crippen LogP contribution >= 0.6 is 0 Å². The number of H-pyrrole nitrogens is 1. The Labute approximate surface area is 151 Å². The Bertz CT molecular complexity index is 1010. The summed E-state index contributed by atoms with van der Waals surface area (Å²) in [6, 6.07) is 5.39. The highest BCUT2D eigenvalue weighted by Gasteiger charge is 2.27. The van der Waals surface area contributed by atoms with E-state index in [1.807, 2.05) is 13.0 Å². The lowest BCUT2D eigenvalue weighted by Crippen LogP contribution is -2.08. The standard InChI is InChI=1S/C20H21NO5/c1-6-25-20(23)16-11(3)17(21-12(16)4)18(22)19-10(2)14-9-13(24-5)7-8-15(14)26-19/h7-9,21H,6H2,1-5H3. The molecular formula is C20H21NO5. The SMILES string of the molecule is CCOC(=O)c1c(C)[nH]c(C(=O)c2oc3ccc(OC)cc3c2C)c1C. The molecule has 26 heavy (non-hydrogen) atoms. The number of carbonyl (C=O) groups is 2. The number of rotatable bonds is 5. The number of furan rings is 1. The zero-order valence-corrected chi connectivity index (χ0v) is 15.5. The van der Waals surface area contributed by atoms with E-state index >= 15 is 0 Å². The summed E-state index contributed by atoms with van der Waals surface area (Å²) in [5.41, 5.74) is 3.22. The lowest BCUT2D eigenvalue weighted by molar-refractivity contribution is 0.0525. The van der Waals surface area contributed by atoms with Crippen LogP contribution in [0.2, 0.25) is 0 Å². The molecule has 0 saturated heterocycles. The predicted octanol–water partition coefficient (Wildman–Crippen LogP) is 4.10. The molecule has 2 aromatic heterocycles. The van der Waals surface area contributed by atoms with Gasteiger partial charge in [0.15, 0.2) is 5.76 Å². The number of aryl methyl sites for hydroxylation is 2. The molecular weight excluding hydrogens is 334 g/mol. The smallest absolute Gasteiger partial charge is 0.340 e. The van der Waals surface area contributed by atoms with Gasteiger partial charge in [-0.15, -0.1) is 0 Å². The molecule has 1 aromatic carbocycles. The molecule has 0 spiro atoms. The van der Waals surface area contributed by atoms with Crippen LogP contribution in [-0.2, 0) is 4.74 Å². The number of fused-ring (bicyclic) bond motifs is 1. The third kappa shape index (κ3) is 2.77. The second-order valence-electron chi connectivity index (χ2n) is 6.09. The van der Waals surface area contributed by atoms with Gasteiger partial charge in [0, 0.05) is 16.6 Å². The van der Waals surface area contributed by atoms with E-state index in [0.29, 0.717) is 33.8 Å². The Morgan fingerprint density at radius 2 is 1.88 bits per heavy atom. The number of hydrogen-bond acceptors (Lipinski definition) is 5. The van der Waals surface area contributed by atoms with Crippen LogP contribution in [0.25, 0.3) is 11.0 Å². The van der Waals surface area contributed by atoms with Crippen LogP contribution in [0.15, 0.2) is 22.6 Å². The largest absolute Gasteiger partial charge is 0.497 e. The third-order valence-electron chi connectivity index (χ3n) is 4.49. The molecule has 0 aliphatic rings.